The van der Waals surface area contributed by atoms with Crippen LogP contribution in [-0.2, 0) is 21.2 Å². The normalized spacial score (nSPS) is 11.6. The molecule has 1 aromatic heterocycles. The van der Waals surface area contributed by atoms with Crippen molar-refractivity contribution >= 4 is 27.4 Å². The minimum absolute atomic E-state index is 0.0765. The summed E-state index contributed by atoms with van der Waals surface area (Å²) < 4.78 is 32.2. The molecule has 9 heteroatoms. The van der Waals surface area contributed by atoms with Gasteiger partial charge in [-0.05, 0) is 49.2 Å². The highest BCUT2D eigenvalue weighted by Gasteiger charge is 2.25. The third-order valence-electron chi connectivity index (χ3n) is 4.11. The molecule has 0 saturated carbocycles. The highest BCUT2D eigenvalue weighted by atomic mass is 35.5. The van der Waals surface area contributed by atoms with E-state index in [1.807, 2.05) is 0 Å². The van der Waals surface area contributed by atoms with E-state index in [0.717, 1.165) is 0 Å². The summed E-state index contributed by atoms with van der Waals surface area (Å²) in [6.07, 6.45) is 0.160. The lowest BCUT2D eigenvalue weighted by atomic mass is 10.1. The molecule has 146 valence electrons. The monoisotopic (exact) mass is 411 g/mol. The molecular formula is C18H22ClN3O4S. The van der Waals surface area contributed by atoms with Crippen LogP contribution in [0.25, 0.3) is 0 Å². The Morgan fingerprint density at radius 1 is 1.19 bits per heavy atom. The molecule has 0 atom stereocenters. The predicted octanol–water partition coefficient (Wildman–Crippen LogP) is 2.58. The number of benzene rings is 1. The Hall–Kier alpha value is -2.03. The molecule has 0 aliphatic rings. The molecular weight excluding hydrogens is 390 g/mol. The summed E-state index contributed by atoms with van der Waals surface area (Å²) in [6.45, 7) is 3.52. The number of hydrogen-bond acceptors (Lipinski definition) is 6. The zero-order valence-electron chi connectivity index (χ0n) is 15.7. The molecule has 2 aromatic rings. The Morgan fingerprint density at radius 3 is 2.33 bits per heavy atom. The molecule has 0 aliphatic heterocycles. The molecule has 0 aliphatic carbocycles. The van der Waals surface area contributed by atoms with Crippen molar-refractivity contribution in [2.75, 3.05) is 20.7 Å². The fourth-order valence-electron chi connectivity index (χ4n) is 2.72. The maximum absolute atomic E-state index is 12.9. The summed E-state index contributed by atoms with van der Waals surface area (Å²) in [5, 5.41) is 7.77. The molecule has 0 unspecified atom stereocenters. The molecule has 27 heavy (non-hydrogen) atoms. The zero-order chi connectivity index (χ0) is 20.2. The van der Waals surface area contributed by atoms with Crippen LogP contribution in [0.15, 0.2) is 29.2 Å². The number of aryl methyl sites for hydroxylation is 2. The number of rotatable bonds is 8. The van der Waals surface area contributed by atoms with Crippen LogP contribution >= 0.6 is 11.6 Å². The minimum Gasteiger partial charge on any atom is -0.497 e. The smallest absolute Gasteiger partial charge is 0.243 e. The summed E-state index contributed by atoms with van der Waals surface area (Å²) in [6, 6.07) is 6.54. The maximum Gasteiger partial charge on any atom is 0.243 e. The first kappa shape index (κ1) is 21.3. The van der Waals surface area contributed by atoms with Crippen LogP contribution in [-0.4, -0.2) is 49.4 Å². The molecule has 7 nitrogen and oxygen atoms in total. The molecule has 0 amide bonds. The van der Waals surface area contributed by atoms with Crippen molar-refractivity contribution in [3.63, 3.8) is 0 Å². The Morgan fingerprint density at radius 2 is 1.81 bits per heavy atom. The molecule has 0 radical (unpaired) electrons. The molecule has 1 heterocycles. The largest absolute Gasteiger partial charge is 0.497 e. The van der Waals surface area contributed by atoms with E-state index in [2.05, 4.69) is 10.2 Å². The van der Waals surface area contributed by atoms with Crippen LogP contribution in [0.3, 0.4) is 0 Å². The maximum atomic E-state index is 12.9. The highest BCUT2D eigenvalue weighted by Crippen LogP contribution is 2.27. The number of halogens is 1. The van der Waals surface area contributed by atoms with Crippen molar-refractivity contribution in [1.82, 2.24) is 14.5 Å². The Bertz CT molecular complexity index is 907. The third-order valence-corrected chi connectivity index (χ3v) is 6.47. The summed E-state index contributed by atoms with van der Waals surface area (Å²) in [5.74, 6) is 0.475. The molecule has 0 N–H and O–H groups in total. The fraction of sp³-hybridized carbons (Fsp3) is 0.389. The van der Waals surface area contributed by atoms with E-state index >= 15 is 0 Å². The number of hydrogen-bond donors (Lipinski definition) is 0. The Labute approximate surface area is 164 Å². The lowest BCUT2D eigenvalue weighted by molar-refractivity contribution is -0.118. The first-order valence-electron chi connectivity index (χ1n) is 8.26. The summed E-state index contributed by atoms with van der Waals surface area (Å²) in [5.41, 5.74) is 1.69. The van der Waals surface area contributed by atoms with Gasteiger partial charge in [0.25, 0.3) is 0 Å². The SMILES string of the molecule is COc1cc(C)c(S(=O)(=O)N(C)CCC(=O)Cc2ccc(Cl)nn2)c(C)c1. The number of methoxy groups -OCH3 is 1. The van der Waals surface area contributed by atoms with Gasteiger partial charge in [-0.25, -0.2) is 12.7 Å². The number of sulfonamides is 1. The van der Waals surface area contributed by atoms with E-state index < -0.39 is 10.0 Å². The van der Waals surface area contributed by atoms with Crippen LogP contribution in [0, 0.1) is 13.8 Å². The van der Waals surface area contributed by atoms with E-state index in [1.54, 1.807) is 38.1 Å². The van der Waals surface area contributed by atoms with Crippen LogP contribution in [0.4, 0.5) is 0 Å². The summed E-state index contributed by atoms with van der Waals surface area (Å²) in [4.78, 5) is 12.4. The second kappa shape index (κ2) is 8.77. The number of carbonyl (C=O) groups excluding carboxylic acids is 1. The van der Waals surface area contributed by atoms with Gasteiger partial charge >= 0.3 is 0 Å². The van der Waals surface area contributed by atoms with Crippen molar-refractivity contribution in [2.24, 2.45) is 0 Å². The van der Waals surface area contributed by atoms with E-state index in [1.165, 1.54) is 18.5 Å². The van der Waals surface area contributed by atoms with Crippen molar-refractivity contribution in [2.45, 2.75) is 31.6 Å². The average Bonchev–Trinajstić information content (AvgIpc) is 2.60. The Kier molecular flexibility index (Phi) is 6.91. The van der Waals surface area contributed by atoms with Gasteiger partial charge in [-0.15, -0.1) is 5.10 Å². The minimum atomic E-state index is -3.72. The molecule has 0 bridgehead atoms. The average molecular weight is 412 g/mol. The van der Waals surface area contributed by atoms with Gasteiger partial charge < -0.3 is 4.74 Å². The van der Waals surface area contributed by atoms with E-state index in [4.69, 9.17) is 16.3 Å². The number of aromatic nitrogens is 2. The van der Waals surface area contributed by atoms with Gasteiger partial charge in [0.2, 0.25) is 10.0 Å². The fourth-order valence-corrected chi connectivity index (χ4v) is 4.40. The van der Waals surface area contributed by atoms with Gasteiger partial charge in [-0.2, -0.15) is 5.10 Å². The van der Waals surface area contributed by atoms with Crippen molar-refractivity contribution in [3.8, 4) is 5.75 Å². The first-order valence-corrected chi connectivity index (χ1v) is 10.1. The van der Waals surface area contributed by atoms with Gasteiger partial charge in [0.05, 0.1) is 24.1 Å². The third kappa shape index (κ3) is 5.24. The first-order chi connectivity index (χ1) is 12.6. The van der Waals surface area contributed by atoms with Crippen LogP contribution in [0.2, 0.25) is 5.15 Å². The van der Waals surface area contributed by atoms with Gasteiger partial charge in [-0.3, -0.25) is 4.79 Å². The van der Waals surface area contributed by atoms with Gasteiger partial charge in [0, 0.05) is 20.0 Å². The van der Waals surface area contributed by atoms with E-state index in [-0.39, 0.29) is 35.2 Å². The topological polar surface area (TPSA) is 89.5 Å². The second-order valence-electron chi connectivity index (χ2n) is 6.23. The van der Waals surface area contributed by atoms with Crippen LogP contribution in [0.5, 0.6) is 5.75 Å². The predicted molar refractivity (Wildman–Crippen MR) is 103 cm³/mol. The summed E-state index contributed by atoms with van der Waals surface area (Å²) >= 11 is 5.66. The molecule has 1 aromatic carbocycles. The van der Waals surface area contributed by atoms with E-state index in [9.17, 15) is 13.2 Å². The van der Waals surface area contributed by atoms with Gasteiger partial charge in [0.1, 0.15) is 11.5 Å². The number of carbonyl (C=O) groups is 1. The number of nitrogens with zero attached hydrogens (tertiary/aromatic N) is 3. The highest BCUT2D eigenvalue weighted by molar-refractivity contribution is 7.89. The lowest BCUT2D eigenvalue weighted by Crippen LogP contribution is -2.30. The van der Waals surface area contributed by atoms with Crippen LogP contribution < -0.4 is 4.74 Å². The van der Waals surface area contributed by atoms with E-state index in [0.29, 0.717) is 22.6 Å². The van der Waals surface area contributed by atoms with Crippen molar-refractivity contribution in [1.29, 1.82) is 0 Å². The van der Waals surface area contributed by atoms with Gasteiger partial charge in [-0.1, -0.05) is 11.6 Å². The summed E-state index contributed by atoms with van der Waals surface area (Å²) in [7, 11) is -0.720. The second-order valence-corrected chi connectivity index (χ2v) is 8.60. The molecule has 2 rings (SSSR count). The molecule has 0 fully saturated rings. The zero-order valence-corrected chi connectivity index (χ0v) is 17.3. The molecule has 0 spiro atoms. The number of ketones is 1. The van der Waals surface area contributed by atoms with Crippen molar-refractivity contribution < 1.29 is 17.9 Å². The standard InChI is InChI=1S/C18H22ClN3O4S/c1-12-9-16(26-4)10-13(2)18(12)27(24,25)22(3)8-7-15(23)11-14-5-6-17(19)21-20-14/h5-6,9-10H,7-8,11H2,1-4H3. The van der Waals surface area contributed by atoms with Crippen LogP contribution in [0.1, 0.15) is 23.2 Å². The quantitative estimate of drug-likeness (QED) is 0.663. The van der Waals surface area contributed by atoms with Gasteiger partial charge in [0.15, 0.2) is 5.15 Å². The number of ether oxygens (including phenoxy) is 1. The van der Waals surface area contributed by atoms with Crippen molar-refractivity contribution in [3.05, 3.63) is 46.2 Å². The Balaban J connectivity index is 2.07. The number of Topliss-reactive ketones (excluding diaryl/α,β-unsaturated/α-hetero) is 1. The lowest BCUT2D eigenvalue weighted by Gasteiger charge is -2.20. The molecule has 0 saturated heterocycles.